The Hall–Kier alpha value is -3.34. The highest BCUT2D eigenvalue weighted by Gasteiger charge is 2.11. The van der Waals surface area contributed by atoms with Gasteiger partial charge in [0.25, 0.3) is 11.5 Å². The molecule has 0 aliphatic carbocycles. The van der Waals surface area contributed by atoms with E-state index in [1.165, 1.54) is 0 Å². The van der Waals surface area contributed by atoms with Gasteiger partial charge in [0.2, 0.25) is 0 Å². The van der Waals surface area contributed by atoms with E-state index in [1.54, 1.807) is 12.1 Å². The number of carbonyl (C=O) groups excluding carboxylic acids is 1. The van der Waals surface area contributed by atoms with Crippen LogP contribution in [-0.4, -0.2) is 24.0 Å². The van der Waals surface area contributed by atoms with Crippen LogP contribution in [0.3, 0.4) is 0 Å². The largest absolute Gasteiger partial charge is 0.491 e. The average molecular weight is 376 g/mol. The highest BCUT2D eigenvalue weighted by atomic mass is 16.5. The third-order valence-corrected chi connectivity index (χ3v) is 4.53. The van der Waals surface area contributed by atoms with Gasteiger partial charge in [-0.05, 0) is 55.7 Å². The molecule has 0 radical (unpaired) electrons. The summed E-state index contributed by atoms with van der Waals surface area (Å²) in [6.07, 6.45) is 0. The Morgan fingerprint density at radius 2 is 1.71 bits per heavy atom. The molecule has 3 rings (SSSR count). The number of aromatic amines is 1. The topological polar surface area (TPSA) is 71.2 Å². The number of amides is 1. The van der Waals surface area contributed by atoms with E-state index >= 15 is 0 Å². The molecule has 5 nitrogen and oxygen atoms in total. The van der Waals surface area contributed by atoms with E-state index in [2.05, 4.69) is 10.3 Å². The van der Waals surface area contributed by atoms with E-state index in [9.17, 15) is 9.59 Å². The summed E-state index contributed by atoms with van der Waals surface area (Å²) in [5.41, 5.74) is 4.47. The fourth-order valence-corrected chi connectivity index (χ4v) is 3.07. The number of hydrogen-bond donors (Lipinski definition) is 2. The predicted molar refractivity (Wildman–Crippen MR) is 111 cm³/mol. The zero-order valence-corrected chi connectivity index (χ0v) is 16.3. The molecule has 0 spiro atoms. The van der Waals surface area contributed by atoms with E-state index in [-0.39, 0.29) is 5.56 Å². The van der Waals surface area contributed by atoms with Crippen molar-refractivity contribution in [3.63, 3.8) is 0 Å². The second-order valence-electron chi connectivity index (χ2n) is 6.81. The molecule has 1 amide bonds. The first-order valence-corrected chi connectivity index (χ1v) is 9.23. The summed E-state index contributed by atoms with van der Waals surface area (Å²) >= 11 is 0. The first-order chi connectivity index (χ1) is 13.5. The molecule has 0 unspecified atom stereocenters. The quantitative estimate of drug-likeness (QED) is 0.643. The smallest absolute Gasteiger partial charge is 0.261 e. The van der Waals surface area contributed by atoms with Crippen molar-refractivity contribution in [2.45, 2.75) is 20.8 Å². The molecular formula is C23H24N2O3. The molecule has 28 heavy (non-hydrogen) atoms. The number of nitrogens with one attached hydrogen (secondary N) is 2. The summed E-state index contributed by atoms with van der Waals surface area (Å²) in [4.78, 5) is 27.4. The van der Waals surface area contributed by atoms with Gasteiger partial charge in [-0.3, -0.25) is 9.59 Å². The third kappa shape index (κ3) is 4.49. The molecule has 2 aromatic carbocycles. The number of aryl methyl sites for hydroxylation is 3. The van der Waals surface area contributed by atoms with Crippen molar-refractivity contribution in [3.05, 3.63) is 87.2 Å². The van der Waals surface area contributed by atoms with Crippen molar-refractivity contribution >= 4 is 5.91 Å². The normalized spacial score (nSPS) is 10.5. The zero-order valence-electron chi connectivity index (χ0n) is 16.3. The number of para-hydroxylation sites is 1. The number of hydrogen-bond acceptors (Lipinski definition) is 3. The molecule has 0 aliphatic heterocycles. The van der Waals surface area contributed by atoms with Crippen LogP contribution in [0.5, 0.6) is 5.75 Å². The van der Waals surface area contributed by atoms with Gasteiger partial charge in [-0.2, -0.15) is 0 Å². The van der Waals surface area contributed by atoms with Crippen LogP contribution >= 0.6 is 0 Å². The zero-order chi connectivity index (χ0) is 20.1. The van der Waals surface area contributed by atoms with Crippen molar-refractivity contribution in [3.8, 4) is 17.0 Å². The molecule has 144 valence electrons. The molecule has 3 aromatic rings. The lowest BCUT2D eigenvalue weighted by molar-refractivity contribution is 0.0945. The second-order valence-corrected chi connectivity index (χ2v) is 6.81. The van der Waals surface area contributed by atoms with Gasteiger partial charge in [0, 0.05) is 5.69 Å². The van der Waals surface area contributed by atoms with E-state index in [0.717, 1.165) is 28.0 Å². The number of benzene rings is 2. The van der Waals surface area contributed by atoms with E-state index in [4.69, 9.17) is 4.74 Å². The standard InChI is InChI=1S/C23H24N2O3/c1-15-6-4-9-18(14-15)20-11-10-19(23(27)25-20)22(26)24-12-13-28-21-16(2)7-5-8-17(21)3/h4-11,14H,12-13H2,1-3H3,(H,24,26)(H,25,27). The molecule has 0 saturated heterocycles. The van der Waals surface area contributed by atoms with Gasteiger partial charge in [-0.1, -0.05) is 42.0 Å². The Balaban J connectivity index is 1.61. The van der Waals surface area contributed by atoms with E-state index in [1.807, 2.05) is 63.2 Å². The van der Waals surface area contributed by atoms with E-state index < -0.39 is 11.5 Å². The molecule has 0 bridgehead atoms. The van der Waals surface area contributed by atoms with Gasteiger partial charge >= 0.3 is 0 Å². The van der Waals surface area contributed by atoms with Crippen LogP contribution in [-0.2, 0) is 0 Å². The Morgan fingerprint density at radius 3 is 2.39 bits per heavy atom. The van der Waals surface area contributed by atoms with Crippen molar-refractivity contribution < 1.29 is 9.53 Å². The van der Waals surface area contributed by atoms with Crippen molar-refractivity contribution in [2.24, 2.45) is 0 Å². The Morgan fingerprint density at radius 1 is 1.00 bits per heavy atom. The van der Waals surface area contributed by atoms with Crippen molar-refractivity contribution in [1.82, 2.24) is 10.3 Å². The van der Waals surface area contributed by atoms with E-state index in [0.29, 0.717) is 18.8 Å². The van der Waals surface area contributed by atoms with Gasteiger partial charge in [-0.15, -0.1) is 0 Å². The Labute approximate surface area is 164 Å². The average Bonchev–Trinajstić information content (AvgIpc) is 2.66. The fourth-order valence-electron chi connectivity index (χ4n) is 3.07. The van der Waals surface area contributed by atoms with Crippen LogP contribution in [0, 0.1) is 20.8 Å². The number of pyridine rings is 1. The minimum absolute atomic E-state index is 0.0866. The van der Waals surface area contributed by atoms with Crippen LogP contribution in [0.25, 0.3) is 11.3 Å². The van der Waals surface area contributed by atoms with Crippen LogP contribution in [0.15, 0.2) is 59.4 Å². The molecule has 0 aliphatic rings. The summed E-state index contributed by atoms with van der Waals surface area (Å²) in [6, 6.07) is 17.1. The molecule has 1 aromatic heterocycles. The van der Waals surface area contributed by atoms with Gasteiger partial charge < -0.3 is 15.0 Å². The summed E-state index contributed by atoms with van der Waals surface area (Å²) in [6.45, 7) is 6.60. The molecular weight excluding hydrogens is 352 g/mol. The number of carbonyl (C=O) groups is 1. The molecule has 0 fully saturated rings. The maximum atomic E-state index is 12.3. The monoisotopic (exact) mass is 376 g/mol. The summed E-state index contributed by atoms with van der Waals surface area (Å²) in [5.74, 6) is 0.416. The van der Waals surface area contributed by atoms with Crippen LogP contribution in [0.1, 0.15) is 27.0 Å². The highest BCUT2D eigenvalue weighted by molar-refractivity contribution is 5.94. The lowest BCUT2D eigenvalue weighted by Gasteiger charge is -2.12. The first kappa shape index (κ1) is 19.4. The van der Waals surface area contributed by atoms with Crippen LogP contribution < -0.4 is 15.6 Å². The Bertz CT molecular complexity index is 1030. The molecule has 1 heterocycles. The maximum Gasteiger partial charge on any atom is 0.261 e. The third-order valence-electron chi connectivity index (χ3n) is 4.53. The minimum atomic E-state index is -0.415. The highest BCUT2D eigenvalue weighted by Crippen LogP contribution is 2.22. The van der Waals surface area contributed by atoms with Gasteiger partial charge in [0.1, 0.15) is 17.9 Å². The fraction of sp³-hybridized carbons (Fsp3) is 0.217. The molecule has 5 heteroatoms. The van der Waals surface area contributed by atoms with Gasteiger partial charge in [0.15, 0.2) is 0 Å². The minimum Gasteiger partial charge on any atom is -0.491 e. The number of ether oxygens (including phenoxy) is 1. The molecule has 0 saturated carbocycles. The van der Waals surface area contributed by atoms with Gasteiger partial charge in [0.05, 0.1) is 6.54 Å². The predicted octanol–water partition coefficient (Wildman–Crippen LogP) is 3.78. The number of rotatable bonds is 6. The summed E-state index contributed by atoms with van der Waals surface area (Å²) in [5, 5.41) is 2.73. The first-order valence-electron chi connectivity index (χ1n) is 9.23. The number of aromatic nitrogens is 1. The van der Waals surface area contributed by atoms with Crippen LogP contribution in [0.4, 0.5) is 0 Å². The summed E-state index contributed by atoms with van der Waals surface area (Å²) < 4.78 is 5.77. The Kier molecular flexibility index (Phi) is 5.94. The maximum absolute atomic E-state index is 12.3. The lowest BCUT2D eigenvalue weighted by atomic mass is 10.1. The number of H-pyrrole nitrogens is 1. The SMILES string of the molecule is Cc1cccc(-c2ccc(C(=O)NCCOc3c(C)cccc3C)c(=O)[nH]2)c1. The summed E-state index contributed by atoms with van der Waals surface area (Å²) in [7, 11) is 0. The second kappa shape index (κ2) is 8.57. The van der Waals surface area contributed by atoms with Crippen LogP contribution in [0.2, 0.25) is 0 Å². The molecule has 0 atom stereocenters. The van der Waals surface area contributed by atoms with Gasteiger partial charge in [-0.25, -0.2) is 0 Å². The molecule has 2 N–H and O–H groups in total. The van der Waals surface area contributed by atoms with Crippen molar-refractivity contribution in [1.29, 1.82) is 0 Å². The van der Waals surface area contributed by atoms with Crippen molar-refractivity contribution in [2.75, 3.05) is 13.2 Å². The lowest BCUT2D eigenvalue weighted by Crippen LogP contribution is -2.32.